The molecule has 0 fully saturated rings. The van der Waals surface area contributed by atoms with Crippen LogP contribution in [-0.4, -0.2) is 40.3 Å². The lowest BCUT2D eigenvalue weighted by molar-refractivity contribution is 0.0523. The first-order chi connectivity index (χ1) is 7.65. The lowest BCUT2D eigenvalue weighted by atomic mass is 10.3. The van der Waals surface area contributed by atoms with Gasteiger partial charge in [-0.2, -0.15) is 5.10 Å². The van der Waals surface area contributed by atoms with Gasteiger partial charge in [0.2, 0.25) is 0 Å². The highest BCUT2D eigenvalue weighted by Crippen LogP contribution is 2.25. The van der Waals surface area contributed by atoms with E-state index in [1.165, 1.54) is 16.4 Å². The number of aromatic nitrogens is 2. The molecule has 0 atom stereocenters. The van der Waals surface area contributed by atoms with Crippen LogP contribution in [0.15, 0.2) is 5.03 Å². The Kier molecular flexibility index (Phi) is 4.63. The number of thioether (sulfide) groups is 1. The van der Waals surface area contributed by atoms with Crippen LogP contribution in [0.1, 0.15) is 17.3 Å². The molecule has 0 spiro atoms. The van der Waals surface area contributed by atoms with Crippen LogP contribution in [-0.2, 0) is 11.3 Å². The van der Waals surface area contributed by atoms with Gasteiger partial charge in [-0.1, -0.05) is 0 Å². The van der Waals surface area contributed by atoms with E-state index in [1.54, 1.807) is 13.2 Å². The molecule has 0 saturated heterocycles. The first-order valence-electron chi connectivity index (χ1n) is 4.83. The molecule has 0 aliphatic heterocycles. The third kappa shape index (κ3) is 2.48. The molecule has 0 bridgehead atoms. The monoisotopic (exact) mass is 245 g/mol. The smallest absolute Gasteiger partial charge is 0.344 e. The molecule has 0 aliphatic carbocycles. The number of anilines is 1. The molecule has 0 aliphatic rings. The van der Waals surface area contributed by atoms with Gasteiger partial charge in [-0.15, -0.1) is 11.8 Å². The van der Waals surface area contributed by atoms with E-state index in [2.05, 4.69) is 5.10 Å². The van der Waals surface area contributed by atoms with Crippen molar-refractivity contribution in [2.75, 3.05) is 25.2 Å². The van der Waals surface area contributed by atoms with Crippen LogP contribution in [0.2, 0.25) is 0 Å². The molecule has 90 valence electrons. The summed E-state index contributed by atoms with van der Waals surface area (Å²) in [5.74, 6) is -0.245. The Hall–Kier alpha value is -1.21. The van der Waals surface area contributed by atoms with E-state index in [0.29, 0.717) is 5.03 Å². The van der Waals surface area contributed by atoms with Crippen molar-refractivity contribution in [1.82, 2.24) is 9.78 Å². The summed E-state index contributed by atoms with van der Waals surface area (Å²) in [7, 11) is 0. The van der Waals surface area contributed by atoms with Gasteiger partial charge < -0.3 is 15.6 Å². The number of nitrogens with two attached hydrogens (primary N) is 1. The minimum atomic E-state index is -0.478. The van der Waals surface area contributed by atoms with Crippen molar-refractivity contribution >= 4 is 23.5 Å². The molecular formula is C9H15N3O3S. The molecular weight excluding hydrogens is 230 g/mol. The summed E-state index contributed by atoms with van der Waals surface area (Å²) in [5, 5.41) is 13.5. The lowest BCUT2D eigenvalue weighted by Gasteiger charge is -2.02. The largest absolute Gasteiger partial charge is 0.462 e. The first-order valence-corrected chi connectivity index (χ1v) is 6.06. The zero-order valence-corrected chi connectivity index (χ0v) is 10.1. The number of hydrogen-bond donors (Lipinski definition) is 2. The minimum absolute atomic E-state index is 0.0814. The Morgan fingerprint density at radius 1 is 1.69 bits per heavy atom. The molecule has 16 heavy (non-hydrogen) atoms. The second kappa shape index (κ2) is 5.76. The predicted octanol–water partition coefficient (Wildman–Crippen LogP) is 0.356. The zero-order chi connectivity index (χ0) is 12.1. The molecule has 1 aromatic heterocycles. The van der Waals surface area contributed by atoms with E-state index in [4.69, 9.17) is 15.6 Å². The van der Waals surface area contributed by atoms with Gasteiger partial charge in [0.05, 0.1) is 19.8 Å². The van der Waals surface area contributed by atoms with Gasteiger partial charge in [0.15, 0.2) is 0 Å². The molecule has 7 heteroatoms. The van der Waals surface area contributed by atoms with Gasteiger partial charge in [-0.3, -0.25) is 0 Å². The second-order valence-electron chi connectivity index (χ2n) is 2.94. The van der Waals surface area contributed by atoms with Crippen LogP contribution >= 0.6 is 11.8 Å². The van der Waals surface area contributed by atoms with E-state index in [-0.39, 0.29) is 31.1 Å². The Bertz CT molecular complexity index is 378. The Morgan fingerprint density at radius 3 is 2.88 bits per heavy atom. The number of aliphatic hydroxyl groups is 1. The third-order valence-electron chi connectivity index (χ3n) is 1.94. The molecule has 1 aromatic rings. The van der Waals surface area contributed by atoms with Gasteiger partial charge in [-0.25, -0.2) is 9.48 Å². The summed E-state index contributed by atoms with van der Waals surface area (Å²) in [4.78, 5) is 11.6. The summed E-state index contributed by atoms with van der Waals surface area (Å²) in [6, 6.07) is 0. The topological polar surface area (TPSA) is 90.4 Å². The van der Waals surface area contributed by atoms with Gasteiger partial charge >= 0.3 is 5.97 Å². The maximum atomic E-state index is 11.6. The fourth-order valence-corrected chi connectivity index (χ4v) is 1.83. The zero-order valence-electron chi connectivity index (χ0n) is 9.27. The highest BCUT2D eigenvalue weighted by molar-refractivity contribution is 7.98. The summed E-state index contributed by atoms with van der Waals surface area (Å²) >= 11 is 1.32. The number of nitrogen functional groups attached to an aromatic ring is 1. The minimum Gasteiger partial charge on any atom is -0.462 e. The van der Waals surface area contributed by atoms with E-state index in [9.17, 15) is 4.79 Å². The van der Waals surface area contributed by atoms with Crippen LogP contribution in [0.25, 0.3) is 0 Å². The first kappa shape index (κ1) is 12.9. The Balaban J connectivity index is 3.09. The van der Waals surface area contributed by atoms with Crippen molar-refractivity contribution in [2.45, 2.75) is 18.5 Å². The molecule has 3 N–H and O–H groups in total. The fourth-order valence-electron chi connectivity index (χ4n) is 1.26. The number of esters is 1. The van der Waals surface area contributed by atoms with Gasteiger partial charge in [0, 0.05) is 0 Å². The van der Waals surface area contributed by atoms with E-state index in [1.807, 2.05) is 0 Å². The molecule has 0 amide bonds. The summed E-state index contributed by atoms with van der Waals surface area (Å²) in [5.41, 5.74) is 6.05. The highest BCUT2D eigenvalue weighted by atomic mass is 32.2. The van der Waals surface area contributed by atoms with Crippen molar-refractivity contribution in [1.29, 1.82) is 0 Å². The van der Waals surface area contributed by atoms with Crippen LogP contribution in [0.3, 0.4) is 0 Å². The van der Waals surface area contributed by atoms with Crippen molar-refractivity contribution in [2.24, 2.45) is 0 Å². The average molecular weight is 245 g/mol. The Morgan fingerprint density at radius 2 is 2.38 bits per heavy atom. The number of hydrogen-bond acceptors (Lipinski definition) is 6. The van der Waals surface area contributed by atoms with Crippen LogP contribution in [0, 0.1) is 0 Å². The molecule has 1 rings (SSSR count). The molecule has 1 heterocycles. The third-order valence-corrected chi connectivity index (χ3v) is 2.62. The van der Waals surface area contributed by atoms with Crippen LogP contribution in [0.5, 0.6) is 0 Å². The molecule has 0 saturated carbocycles. The van der Waals surface area contributed by atoms with Crippen molar-refractivity contribution in [3.8, 4) is 0 Å². The number of carbonyl (C=O) groups is 1. The number of nitrogens with zero attached hydrogens (tertiary/aromatic N) is 2. The van der Waals surface area contributed by atoms with E-state index >= 15 is 0 Å². The number of ether oxygens (including phenoxy) is 1. The van der Waals surface area contributed by atoms with E-state index in [0.717, 1.165) is 0 Å². The Labute approximate surface area is 97.8 Å². The van der Waals surface area contributed by atoms with Crippen LogP contribution < -0.4 is 5.73 Å². The summed E-state index contributed by atoms with van der Waals surface area (Å²) in [6.45, 7) is 2.20. The van der Waals surface area contributed by atoms with E-state index < -0.39 is 5.97 Å². The fraction of sp³-hybridized carbons (Fsp3) is 0.556. The SMILES string of the molecule is CCOC(=O)c1c(SC)nn(CCO)c1N. The van der Waals surface area contributed by atoms with Crippen LogP contribution in [0.4, 0.5) is 5.82 Å². The number of rotatable bonds is 5. The predicted molar refractivity (Wildman–Crippen MR) is 61.5 cm³/mol. The molecule has 0 aromatic carbocycles. The highest BCUT2D eigenvalue weighted by Gasteiger charge is 2.22. The normalized spacial score (nSPS) is 10.4. The molecule has 0 unspecified atom stereocenters. The van der Waals surface area contributed by atoms with Crippen molar-refractivity contribution < 1.29 is 14.6 Å². The van der Waals surface area contributed by atoms with Gasteiger partial charge in [0.25, 0.3) is 0 Å². The lowest BCUT2D eigenvalue weighted by Crippen LogP contribution is -2.11. The maximum Gasteiger partial charge on any atom is 0.344 e. The number of carbonyl (C=O) groups excluding carboxylic acids is 1. The van der Waals surface area contributed by atoms with Gasteiger partial charge in [0.1, 0.15) is 16.4 Å². The maximum absolute atomic E-state index is 11.6. The van der Waals surface area contributed by atoms with Crippen molar-refractivity contribution in [3.63, 3.8) is 0 Å². The quantitative estimate of drug-likeness (QED) is 0.575. The van der Waals surface area contributed by atoms with Crippen molar-refractivity contribution in [3.05, 3.63) is 5.56 Å². The summed E-state index contributed by atoms with van der Waals surface area (Å²) in [6.07, 6.45) is 1.80. The number of aliphatic hydroxyl groups excluding tert-OH is 1. The molecule has 0 radical (unpaired) electrons. The molecule has 6 nitrogen and oxygen atoms in total. The average Bonchev–Trinajstić information content (AvgIpc) is 2.57. The second-order valence-corrected chi connectivity index (χ2v) is 3.73. The summed E-state index contributed by atoms with van der Waals surface area (Å²) < 4.78 is 6.30. The standard InChI is InChI=1S/C9H15N3O3S/c1-3-15-9(14)6-7(10)12(4-5-13)11-8(6)16-2/h13H,3-5,10H2,1-2H3. The van der Waals surface area contributed by atoms with Gasteiger partial charge in [-0.05, 0) is 13.2 Å².